The number of hydrogen-bond acceptors (Lipinski definition) is 4. The fourth-order valence-electron chi connectivity index (χ4n) is 3.90. The van der Waals surface area contributed by atoms with Crippen LogP contribution in [0, 0.1) is 0 Å². The summed E-state index contributed by atoms with van der Waals surface area (Å²) >= 11 is 3.67. The molecule has 4 nitrogen and oxygen atoms in total. The second-order valence-electron chi connectivity index (χ2n) is 5.98. The standard InChI is InChI=1S/C16H18BrNO3/c1-20-12-7-11(17)10-8-18-5-4-16-3-2-9(19)6-13(16)21-15(12)14(10)16/h2-3,7,9,13,18-19H,4-6,8H2,1H3/t9-,13+,16?/m1/s1. The molecule has 1 aromatic rings. The molecule has 1 spiro atoms. The third kappa shape index (κ3) is 1.81. The fourth-order valence-corrected chi connectivity index (χ4v) is 4.44. The highest BCUT2D eigenvalue weighted by Gasteiger charge is 2.52. The van der Waals surface area contributed by atoms with Gasteiger partial charge in [0.05, 0.1) is 18.6 Å². The number of halogens is 1. The molecule has 21 heavy (non-hydrogen) atoms. The highest BCUT2D eigenvalue weighted by Crippen LogP contribution is 2.56. The van der Waals surface area contributed by atoms with Crippen molar-refractivity contribution >= 4 is 15.9 Å². The van der Waals surface area contributed by atoms with Crippen molar-refractivity contribution in [2.45, 2.75) is 37.0 Å². The van der Waals surface area contributed by atoms with Crippen molar-refractivity contribution in [3.05, 3.63) is 33.8 Å². The predicted molar refractivity (Wildman–Crippen MR) is 82.9 cm³/mol. The molecular weight excluding hydrogens is 334 g/mol. The van der Waals surface area contributed by atoms with Crippen LogP contribution in [0.2, 0.25) is 0 Å². The van der Waals surface area contributed by atoms with E-state index in [1.807, 2.05) is 12.1 Å². The number of methoxy groups -OCH3 is 1. The highest BCUT2D eigenvalue weighted by molar-refractivity contribution is 9.10. The van der Waals surface area contributed by atoms with E-state index in [1.54, 1.807) is 7.11 Å². The van der Waals surface area contributed by atoms with Crippen molar-refractivity contribution in [2.75, 3.05) is 13.7 Å². The SMILES string of the molecule is COc1cc(Br)c2c3c1O[C@H]1C[C@H](O)C=CC31CCNC2. The maximum Gasteiger partial charge on any atom is 0.166 e. The minimum Gasteiger partial charge on any atom is -0.493 e. The van der Waals surface area contributed by atoms with E-state index in [1.165, 1.54) is 11.1 Å². The molecule has 1 aliphatic carbocycles. The number of rotatable bonds is 1. The zero-order valence-corrected chi connectivity index (χ0v) is 13.4. The number of benzene rings is 1. The van der Waals surface area contributed by atoms with Gasteiger partial charge in [0.2, 0.25) is 0 Å². The lowest BCUT2D eigenvalue weighted by molar-refractivity contribution is 0.0851. The zero-order valence-electron chi connectivity index (χ0n) is 11.9. The van der Waals surface area contributed by atoms with Gasteiger partial charge in [0, 0.05) is 23.0 Å². The molecule has 0 radical (unpaired) electrons. The van der Waals surface area contributed by atoms with E-state index in [0.717, 1.165) is 35.5 Å². The molecule has 4 rings (SSSR count). The van der Waals surface area contributed by atoms with Gasteiger partial charge >= 0.3 is 0 Å². The Hall–Kier alpha value is -1.04. The van der Waals surface area contributed by atoms with Crippen LogP contribution in [0.3, 0.4) is 0 Å². The average Bonchev–Trinajstić information content (AvgIpc) is 2.67. The largest absolute Gasteiger partial charge is 0.493 e. The van der Waals surface area contributed by atoms with E-state index in [-0.39, 0.29) is 11.5 Å². The maximum atomic E-state index is 9.96. The summed E-state index contributed by atoms with van der Waals surface area (Å²) in [7, 11) is 1.67. The Morgan fingerprint density at radius 2 is 2.38 bits per heavy atom. The summed E-state index contributed by atoms with van der Waals surface area (Å²) in [6, 6.07) is 1.98. The predicted octanol–water partition coefficient (Wildman–Crippen LogP) is 2.27. The number of ether oxygens (including phenoxy) is 2. The van der Waals surface area contributed by atoms with Gasteiger partial charge in [-0.25, -0.2) is 0 Å². The van der Waals surface area contributed by atoms with E-state index in [0.29, 0.717) is 6.42 Å². The molecule has 0 saturated carbocycles. The molecule has 3 atom stereocenters. The summed E-state index contributed by atoms with van der Waals surface area (Å²) in [6.45, 7) is 1.75. The summed E-state index contributed by atoms with van der Waals surface area (Å²) in [4.78, 5) is 0. The minimum atomic E-state index is -0.427. The molecule has 1 aromatic carbocycles. The molecular formula is C16H18BrNO3. The van der Waals surface area contributed by atoms with Crippen LogP contribution in [-0.4, -0.2) is 31.0 Å². The maximum absolute atomic E-state index is 9.96. The van der Waals surface area contributed by atoms with Gasteiger partial charge in [-0.05, 0) is 24.6 Å². The van der Waals surface area contributed by atoms with E-state index in [4.69, 9.17) is 9.47 Å². The number of aliphatic hydroxyl groups is 1. The first kappa shape index (κ1) is 13.6. The monoisotopic (exact) mass is 351 g/mol. The van der Waals surface area contributed by atoms with Crippen molar-refractivity contribution in [1.82, 2.24) is 5.32 Å². The van der Waals surface area contributed by atoms with Crippen LogP contribution in [-0.2, 0) is 12.0 Å². The van der Waals surface area contributed by atoms with Crippen LogP contribution in [0.1, 0.15) is 24.0 Å². The van der Waals surface area contributed by atoms with E-state index >= 15 is 0 Å². The quantitative estimate of drug-likeness (QED) is 0.762. The molecule has 0 fully saturated rings. The molecule has 2 N–H and O–H groups in total. The second-order valence-corrected chi connectivity index (χ2v) is 6.83. The van der Waals surface area contributed by atoms with Gasteiger partial charge in [0.15, 0.2) is 11.5 Å². The highest BCUT2D eigenvalue weighted by atomic mass is 79.9. The van der Waals surface area contributed by atoms with Crippen LogP contribution in [0.4, 0.5) is 0 Å². The Morgan fingerprint density at radius 1 is 1.52 bits per heavy atom. The fraction of sp³-hybridized carbons (Fsp3) is 0.500. The van der Waals surface area contributed by atoms with Crippen LogP contribution < -0.4 is 14.8 Å². The van der Waals surface area contributed by atoms with Crippen molar-refractivity contribution < 1.29 is 14.6 Å². The number of nitrogens with one attached hydrogen (secondary N) is 1. The first-order valence-electron chi connectivity index (χ1n) is 7.30. The van der Waals surface area contributed by atoms with Crippen LogP contribution in [0.25, 0.3) is 0 Å². The van der Waals surface area contributed by atoms with E-state index in [9.17, 15) is 5.11 Å². The van der Waals surface area contributed by atoms with Gasteiger partial charge in [0.1, 0.15) is 6.10 Å². The average molecular weight is 352 g/mol. The van der Waals surface area contributed by atoms with Crippen LogP contribution in [0.5, 0.6) is 11.5 Å². The molecule has 112 valence electrons. The molecule has 0 aromatic heterocycles. The first-order valence-corrected chi connectivity index (χ1v) is 8.09. The number of aliphatic hydroxyl groups excluding tert-OH is 1. The lowest BCUT2D eigenvalue weighted by Gasteiger charge is -2.35. The molecule has 2 aliphatic heterocycles. The molecule has 2 heterocycles. The summed E-state index contributed by atoms with van der Waals surface area (Å²) in [5, 5.41) is 13.5. The molecule has 0 amide bonds. The van der Waals surface area contributed by atoms with Gasteiger partial charge in [0.25, 0.3) is 0 Å². The van der Waals surface area contributed by atoms with Crippen LogP contribution >= 0.6 is 15.9 Å². The van der Waals surface area contributed by atoms with Crippen LogP contribution in [0.15, 0.2) is 22.7 Å². The van der Waals surface area contributed by atoms with Crippen molar-refractivity contribution in [1.29, 1.82) is 0 Å². The zero-order chi connectivity index (χ0) is 14.6. The Balaban J connectivity index is 2.00. The topological polar surface area (TPSA) is 50.7 Å². The smallest absolute Gasteiger partial charge is 0.166 e. The molecule has 5 heteroatoms. The summed E-state index contributed by atoms with van der Waals surface area (Å²) in [5.74, 6) is 1.61. The summed E-state index contributed by atoms with van der Waals surface area (Å²) in [6.07, 6.45) is 5.22. The van der Waals surface area contributed by atoms with E-state index < -0.39 is 6.10 Å². The third-order valence-electron chi connectivity index (χ3n) is 4.91. The van der Waals surface area contributed by atoms with Gasteiger partial charge in [-0.15, -0.1) is 0 Å². The summed E-state index contributed by atoms with van der Waals surface area (Å²) in [5.41, 5.74) is 2.32. The molecule has 0 saturated heterocycles. The Labute approximate surface area is 132 Å². The Bertz CT molecular complexity index is 630. The van der Waals surface area contributed by atoms with Crippen molar-refractivity contribution in [3.8, 4) is 11.5 Å². The van der Waals surface area contributed by atoms with Gasteiger partial charge < -0.3 is 19.9 Å². The van der Waals surface area contributed by atoms with E-state index in [2.05, 4.69) is 27.3 Å². The first-order chi connectivity index (χ1) is 10.2. The normalized spacial score (nSPS) is 32.9. The van der Waals surface area contributed by atoms with Gasteiger partial charge in [-0.1, -0.05) is 28.1 Å². The third-order valence-corrected chi connectivity index (χ3v) is 5.61. The van der Waals surface area contributed by atoms with Gasteiger partial charge in [-0.3, -0.25) is 0 Å². The van der Waals surface area contributed by atoms with Gasteiger partial charge in [-0.2, -0.15) is 0 Å². The van der Waals surface area contributed by atoms with Crippen molar-refractivity contribution in [3.63, 3.8) is 0 Å². The molecule has 3 aliphatic rings. The number of hydrogen-bond donors (Lipinski definition) is 2. The lowest BCUT2D eigenvalue weighted by Crippen LogP contribution is -2.42. The molecule has 1 unspecified atom stereocenters. The Morgan fingerprint density at radius 3 is 3.19 bits per heavy atom. The minimum absolute atomic E-state index is 0.0191. The lowest BCUT2D eigenvalue weighted by atomic mass is 9.69. The summed E-state index contributed by atoms with van der Waals surface area (Å²) < 4.78 is 12.8. The van der Waals surface area contributed by atoms with Crippen molar-refractivity contribution in [2.24, 2.45) is 0 Å². The Kier molecular flexibility index (Phi) is 3.07. The second kappa shape index (κ2) is 4.73. The molecule has 0 bridgehead atoms.